The molecule has 1 N–H and O–H groups in total. The first-order chi connectivity index (χ1) is 10.2. The molecule has 1 aliphatic rings. The maximum absolute atomic E-state index is 12.5. The molecule has 0 bridgehead atoms. The average Bonchev–Trinajstić information content (AvgIpc) is 2.86. The van der Waals surface area contributed by atoms with Crippen molar-refractivity contribution in [1.29, 1.82) is 0 Å². The monoisotopic (exact) mass is 316 g/mol. The van der Waals surface area contributed by atoms with Gasteiger partial charge in [-0.3, -0.25) is 4.79 Å². The largest absolute Gasteiger partial charge is 0.306 e. The number of benzene rings is 1. The van der Waals surface area contributed by atoms with E-state index in [9.17, 15) is 4.79 Å². The van der Waals surface area contributed by atoms with E-state index in [0.717, 1.165) is 35.0 Å². The Bertz CT molecular complexity index is 897. The molecule has 1 aromatic carbocycles. The zero-order valence-electron chi connectivity index (χ0n) is 11.3. The van der Waals surface area contributed by atoms with Gasteiger partial charge in [-0.2, -0.15) is 0 Å². The van der Waals surface area contributed by atoms with Crippen molar-refractivity contribution in [3.63, 3.8) is 0 Å². The van der Waals surface area contributed by atoms with E-state index in [0.29, 0.717) is 10.8 Å². The molecule has 5 heteroatoms. The van der Waals surface area contributed by atoms with Gasteiger partial charge < -0.3 is 4.98 Å². The maximum Gasteiger partial charge on any atom is 0.260 e. The minimum Gasteiger partial charge on any atom is -0.306 e. The number of rotatable bonds is 1. The van der Waals surface area contributed by atoms with Gasteiger partial charge in [-0.25, -0.2) is 4.98 Å². The fourth-order valence-corrected chi connectivity index (χ4v) is 4.43. The summed E-state index contributed by atoms with van der Waals surface area (Å²) in [5.41, 5.74) is 1.93. The van der Waals surface area contributed by atoms with Gasteiger partial charge in [-0.1, -0.05) is 23.7 Å². The second-order valence-corrected chi connectivity index (χ2v) is 6.78. The van der Waals surface area contributed by atoms with Crippen LogP contribution in [0.2, 0.25) is 5.02 Å². The highest BCUT2D eigenvalue weighted by Crippen LogP contribution is 2.34. The molecular formula is C16H13ClN2OS. The molecular weight excluding hydrogens is 304 g/mol. The van der Waals surface area contributed by atoms with Gasteiger partial charge in [0, 0.05) is 10.4 Å². The topological polar surface area (TPSA) is 45.8 Å². The van der Waals surface area contributed by atoms with Crippen molar-refractivity contribution < 1.29 is 0 Å². The number of aromatic nitrogens is 2. The SMILES string of the molecule is O=c1[nH]c(-c2ccccc2Cl)nc2sc3c(c12)CCCC3. The van der Waals surface area contributed by atoms with Crippen LogP contribution in [0, 0.1) is 0 Å². The van der Waals surface area contributed by atoms with Gasteiger partial charge in [-0.15, -0.1) is 11.3 Å². The van der Waals surface area contributed by atoms with E-state index in [-0.39, 0.29) is 5.56 Å². The lowest BCUT2D eigenvalue weighted by atomic mass is 9.97. The van der Waals surface area contributed by atoms with E-state index in [2.05, 4.69) is 9.97 Å². The number of hydrogen-bond donors (Lipinski definition) is 1. The Morgan fingerprint density at radius 2 is 2.00 bits per heavy atom. The molecule has 4 rings (SSSR count). The number of fused-ring (bicyclic) bond motifs is 3. The zero-order chi connectivity index (χ0) is 14.4. The minimum absolute atomic E-state index is 0.0469. The highest BCUT2D eigenvalue weighted by Gasteiger charge is 2.20. The fourth-order valence-electron chi connectivity index (χ4n) is 2.94. The summed E-state index contributed by atoms with van der Waals surface area (Å²) < 4.78 is 0. The number of nitrogens with one attached hydrogen (secondary N) is 1. The lowest BCUT2D eigenvalue weighted by Crippen LogP contribution is -2.11. The lowest BCUT2D eigenvalue weighted by Gasteiger charge is -2.09. The number of aryl methyl sites for hydroxylation is 2. The molecule has 0 spiro atoms. The summed E-state index contributed by atoms with van der Waals surface area (Å²) in [6, 6.07) is 7.44. The molecule has 0 atom stereocenters. The van der Waals surface area contributed by atoms with Crippen molar-refractivity contribution in [2.24, 2.45) is 0 Å². The summed E-state index contributed by atoms with van der Waals surface area (Å²) in [6.45, 7) is 0. The number of thiophene rings is 1. The van der Waals surface area contributed by atoms with E-state index in [1.54, 1.807) is 17.4 Å². The molecule has 106 valence electrons. The highest BCUT2D eigenvalue weighted by molar-refractivity contribution is 7.18. The molecule has 2 heterocycles. The summed E-state index contributed by atoms with van der Waals surface area (Å²) >= 11 is 7.86. The molecule has 3 aromatic rings. The van der Waals surface area contributed by atoms with Crippen molar-refractivity contribution in [2.75, 3.05) is 0 Å². The van der Waals surface area contributed by atoms with Crippen molar-refractivity contribution in [2.45, 2.75) is 25.7 Å². The van der Waals surface area contributed by atoms with Crippen LogP contribution < -0.4 is 5.56 Å². The number of H-pyrrole nitrogens is 1. The van der Waals surface area contributed by atoms with E-state index >= 15 is 0 Å². The molecule has 1 aliphatic carbocycles. The molecule has 0 saturated carbocycles. The maximum atomic E-state index is 12.5. The number of nitrogens with zero attached hydrogens (tertiary/aromatic N) is 1. The first-order valence-electron chi connectivity index (χ1n) is 7.03. The zero-order valence-corrected chi connectivity index (χ0v) is 12.9. The summed E-state index contributed by atoms with van der Waals surface area (Å²) in [6.07, 6.45) is 4.42. The van der Waals surface area contributed by atoms with Gasteiger partial charge in [0.25, 0.3) is 5.56 Å². The molecule has 0 aliphatic heterocycles. The quantitative estimate of drug-likeness (QED) is 0.732. The van der Waals surface area contributed by atoms with E-state index in [4.69, 9.17) is 11.6 Å². The average molecular weight is 317 g/mol. The smallest absolute Gasteiger partial charge is 0.260 e. The fraction of sp³-hybridized carbons (Fsp3) is 0.250. The molecule has 0 amide bonds. The summed E-state index contributed by atoms with van der Waals surface area (Å²) in [7, 11) is 0. The summed E-state index contributed by atoms with van der Waals surface area (Å²) in [4.78, 5) is 22.2. The van der Waals surface area contributed by atoms with E-state index in [1.165, 1.54) is 16.9 Å². The molecule has 0 unspecified atom stereocenters. The summed E-state index contributed by atoms with van der Waals surface area (Å²) in [5.74, 6) is 0.552. The molecule has 2 aromatic heterocycles. The predicted molar refractivity (Wildman–Crippen MR) is 87.3 cm³/mol. The van der Waals surface area contributed by atoms with Crippen LogP contribution in [0.25, 0.3) is 21.6 Å². The Kier molecular flexibility index (Phi) is 3.08. The third-order valence-electron chi connectivity index (χ3n) is 3.95. The predicted octanol–water partition coefficient (Wildman–Crippen LogP) is 4.18. The Hall–Kier alpha value is -1.65. The van der Waals surface area contributed by atoms with Crippen LogP contribution in [0.1, 0.15) is 23.3 Å². The van der Waals surface area contributed by atoms with Gasteiger partial charge in [0.1, 0.15) is 10.7 Å². The van der Waals surface area contributed by atoms with Crippen LogP contribution in [0.3, 0.4) is 0 Å². The first kappa shape index (κ1) is 13.0. The van der Waals surface area contributed by atoms with Gasteiger partial charge in [-0.05, 0) is 43.4 Å². The molecule has 0 radical (unpaired) electrons. The Balaban J connectivity index is 1.98. The van der Waals surface area contributed by atoms with Crippen LogP contribution in [-0.2, 0) is 12.8 Å². The normalized spacial score (nSPS) is 14.3. The lowest BCUT2D eigenvalue weighted by molar-refractivity contribution is 0.700. The Labute approximate surface area is 130 Å². The van der Waals surface area contributed by atoms with Gasteiger partial charge in [0.05, 0.1) is 10.4 Å². The number of aromatic amines is 1. The Morgan fingerprint density at radius 3 is 2.86 bits per heavy atom. The van der Waals surface area contributed by atoms with Crippen LogP contribution in [0.4, 0.5) is 0 Å². The second kappa shape index (κ2) is 4.97. The van der Waals surface area contributed by atoms with Crippen molar-refractivity contribution in [3.8, 4) is 11.4 Å². The van der Waals surface area contributed by atoms with Gasteiger partial charge >= 0.3 is 0 Å². The Morgan fingerprint density at radius 1 is 1.19 bits per heavy atom. The van der Waals surface area contributed by atoms with Crippen molar-refractivity contribution >= 4 is 33.2 Å². The van der Waals surface area contributed by atoms with E-state index < -0.39 is 0 Å². The summed E-state index contributed by atoms with van der Waals surface area (Å²) in [5, 5.41) is 1.38. The molecule has 0 saturated heterocycles. The molecule has 3 nitrogen and oxygen atoms in total. The third kappa shape index (κ3) is 2.10. The van der Waals surface area contributed by atoms with Crippen molar-refractivity contribution in [1.82, 2.24) is 9.97 Å². The third-order valence-corrected chi connectivity index (χ3v) is 5.47. The number of hydrogen-bond acceptors (Lipinski definition) is 3. The van der Waals surface area contributed by atoms with Crippen LogP contribution in [-0.4, -0.2) is 9.97 Å². The second-order valence-electron chi connectivity index (χ2n) is 5.29. The number of halogens is 1. The van der Waals surface area contributed by atoms with Crippen LogP contribution in [0.5, 0.6) is 0 Å². The minimum atomic E-state index is -0.0469. The van der Waals surface area contributed by atoms with Gasteiger partial charge in [0.2, 0.25) is 0 Å². The molecule has 0 fully saturated rings. The first-order valence-corrected chi connectivity index (χ1v) is 8.23. The van der Waals surface area contributed by atoms with Crippen molar-refractivity contribution in [3.05, 3.63) is 50.1 Å². The highest BCUT2D eigenvalue weighted by atomic mass is 35.5. The molecule has 21 heavy (non-hydrogen) atoms. The van der Waals surface area contributed by atoms with Crippen LogP contribution >= 0.6 is 22.9 Å². The van der Waals surface area contributed by atoms with E-state index in [1.807, 2.05) is 18.2 Å². The van der Waals surface area contributed by atoms with Crippen LogP contribution in [0.15, 0.2) is 29.1 Å². The van der Waals surface area contributed by atoms with Gasteiger partial charge in [0.15, 0.2) is 0 Å². The standard InChI is InChI=1S/C16H13ClN2OS/c17-11-7-3-1-5-9(11)14-18-15(20)13-10-6-2-4-8-12(10)21-16(13)19-14/h1,3,5,7H,2,4,6,8H2,(H,18,19,20).